The highest BCUT2D eigenvalue weighted by Gasteiger charge is 2.25. The van der Waals surface area contributed by atoms with Gasteiger partial charge in [-0.05, 0) is 35.2 Å². The number of carbonyl (C=O) groups excluding carboxylic acids is 1. The van der Waals surface area contributed by atoms with Gasteiger partial charge in [-0.2, -0.15) is 0 Å². The van der Waals surface area contributed by atoms with Crippen LogP contribution in [-0.2, 0) is 6.42 Å². The Kier molecular flexibility index (Phi) is 2.61. The number of rotatable bonds is 1. The zero-order chi connectivity index (χ0) is 11.8. The lowest BCUT2D eigenvalue weighted by atomic mass is 10.1. The molecule has 17 heavy (non-hydrogen) atoms. The third-order valence-corrected chi connectivity index (χ3v) is 4.02. The molecule has 1 heterocycles. The summed E-state index contributed by atoms with van der Waals surface area (Å²) in [4.78, 5) is 13.2. The minimum absolute atomic E-state index is 0.163. The number of hydrogen-bond donors (Lipinski definition) is 0. The zero-order valence-corrected chi connectivity index (χ0v) is 10.5. The van der Waals surface area contributed by atoms with Crippen molar-refractivity contribution >= 4 is 34.8 Å². The van der Waals surface area contributed by atoms with E-state index in [1.54, 1.807) is 11.3 Å². The molecule has 3 heteroatoms. The van der Waals surface area contributed by atoms with Crippen LogP contribution < -0.4 is 0 Å². The summed E-state index contributed by atoms with van der Waals surface area (Å²) < 4.78 is 0. The van der Waals surface area contributed by atoms with Crippen molar-refractivity contribution in [2.24, 2.45) is 0 Å². The van der Waals surface area contributed by atoms with Crippen molar-refractivity contribution in [3.63, 3.8) is 0 Å². The van der Waals surface area contributed by atoms with E-state index < -0.39 is 0 Å². The maximum Gasteiger partial charge on any atom is 0.190 e. The molecular formula is C14H9ClOS. The van der Waals surface area contributed by atoms with Gasteiger partial charge in [0, 0.05) is 27.5 Å². The first-order valence-electron chi connectivity index (χ1n) is 5.31. The Bertz CT molecular complexity index is 607. The molecule has 2 aromatic rings. The Hall–Kier alpha value is -1.38. The molecule has 0 fully saturated rings. The molecule has 1 nitrogen and oxygen atoms in total. The van der Waals surface area contributed by atoms with Gasteiger partial charge in [0.25, 0.3) is 0 Å². The molecule has 0 amide bonds. The van der Waals surface area contributed by atoms with Crippen LogP contribution in [0.2, 0.25) is 5.02 Å². The zero-order valence-electron chi connectivity index (χ0n) is 8.94. The van der Waals surface area contributed by atoms with E-state index in [0.29, 0.717) is 5.02 Å². The molecule has 0 N–H and O–H groups in total. The molecule has 0 aliphatic heterocycles. The molecule has 0 unspecified atom stereocenters. The summed E-state index contributed by atoms with van der Waals surface area (Å²) in [5, 5.41) is 2.69. The third-order valence-electron chi connectivity index (χ3n) is 2.84. The Morgan fingerprint density at radius 3 is 2.65 bits per heavy atom. The van der Waals surface area contributed by atoms with Crippen LogP contribution in [0, 0.1) is 0 Å². The van der Waals surface area contributed by atoms with Crippen molar-refractivity contribution in [2.75, 3.05) is 0 Å². The first-order valence-corrected chi connectivity index (χ1v) is 6.57. The Morgan fingerprint density at radius 2 is 1.94 bits per heavy atom. The lowest BCUT2D eigenvalue weighted by molar-refractivity contribution is 0.104. The lowest BCUT2D eigenvalue weighted by Gasteiger charge is -1.97. The van der Waals surface area contributed by atoms with Crippen LogP contribution in [-0.4, -0.2) is 5.78 Å². The summed E-state index contributed by atoms with van der Waals surface area (Å²) >= 11 is 7.48. The summed E-state index contributed by atoms with van der Waals surface area (Å²) in [7, 11) is 0. The first kappa shape index (κ1) is 10.8. The minimum Gasteiger partial charge on any atom is -0.289 e. The number of hydrogen-bond acceptors (Lipinski definition) is 2. The van der Waals surface area contributed by atoms with E-state index in [2.05, 4.69) is 0 Å². The van der Waals surface area contributed by atoms with Crippen LogP contribution in [0.25, 0.3) is 6.08 Å². The van der Waals surface area contributed by atoms with Crippen molar-refractivity contribution in [3.05, 3.63) is 62.3 Å². The molecule has 1 aliphatic rings. The monoisotopic (exact) mass is 260 g/mol. The van der Waals surface area contributed by atoms with Crippen molar-refractivity contribution in [1.29, 1.82) is 0 Å². The molecule has 0 bridgehead atoms. The predicted octanol–water partition coefficient (Wildman–Crippen LogP) is 4.22. The Labute approximate surface area is 108 Å². The molecule has 3 rings (SSSR count). The molecular weight excluding hydrogens is 252 g/mol. The SMILES string of the molecule is O=C1C(=Cc2ccc(Cl)cc2)Cc2sccc21. The van der Waals surface area contributed by atoms with Crippen LogP contribution in [0.3, 0.4) is 0 Å². The number of ketones is 1. The molecule has 0 saturated heterocycles. The largest absolute Gasteiger partial charge is 0.289 e. The van der Waals surface area contributed by atoms with E-state index in [1.165, 1.54) is 4.88 Å². The summed E-state index contributed by atoms with van der Waals surface area (Å²) in [5.41, 5.74) is 2.76. The Balaban J connectivity index is 1.95. The number of fused-ring (bicyclic) bond motifs is 1. The second kappa shape index (κ2) is 4.13. The van der Waals surface area contributed by atoms with Gasteiger partial charge in [-0.15, -0.1) is 11.3 Å². The summed E-state index contributed by atoms with van der Waals surface area (Å²) in [6, 6.07) is 9.43. The van der Waals surface area contributed by atoms with Gasteiger partial charge in [0.1, 0.15) is 0 Å². The van der Waals surface area contributed by atoms with Gasteiger partial charge in [0.05, 0.1) is 0 Å². The molecule has 1 aromatic heterocycles. The van der Waals surface area contributed by atoms with E-state index in [-0.39, 0.29) is 5.78 Å². The normalized spacial score (nSPS) is 16.5. The number of carbonyl (C=O) groups is 1. The van der Waals surface area contributed by atoms with E-state index in [1.807, 2.05) is 41.8 Å². The molecule has 1 aliphatic carbocycles. The standard InChI is InChI=1S/C14H9ClOS/c15-11-3-1-9(2-4-11)7-10-8-13-12(14(10)16)5-6-17-13/h1-7H,8H2. The molecule has 0 spiro atoms. The highest BCUT2D eigenvalue weighted by atomic mass is 35.5. The summed E-state index contributed by atoms with van der Waals surface area (Å²) in [6.07, 6.45) is 2.71. The summed E-state index contributed by atoms with van der Waals surface area (Å²) in [6.45, 7) is 0. The minimum atomic E-state index is 0.163. The molecule has 0 saturated carbocycles. The average Bonchev–Trinajstić information content (AvgIpc) is 2.87. The second-order valence-corrected chi connectivity index (χ2v) is 5.42. The van der Waals surface area contributed by atoms with Crippen LogP contribution in [0.15, 0.2) is 41.3 Å². The van der Waals surface area contributed by atoms with Gasteiger partial charge in [0.15, 0.2) is 5.78 Å². The van der Waals surface area contributed by atoms with E-state index in [0.717, 1.165) is 23.1 Å². The number of benzene rings is 1. The van der Waals surface area contributed by atoms with Crippen molar-refractivity contribution in [2.45, 2.75) is 6.42 Å². The number of Topliss-reactive ketones (excluding diaryl/α,β-unsaturated/α-hetero) is 1. The van der Waals surface area contributed by atoms with Gasteiger partial charge in [-0.3, -0.25) is 4.79 Å². The van der Waals surface area contributed by atoms with Crippen molar-refractivity contribution < 1.29 is 4.79 Å². The van der Waals surface area contributed by atoms with E-state index in [4.69, 9.17) is 11.6 Å². The summed E-state index contributed by atoms with van der Waals surface area (Å²) in [5.74, 6) is 0.163. The smallest absolute Gasteiger partial charge is 0.190 e. The van der Waals surface area contributed by atoms with Crippen LogP contribution in [0.1, 0.15) is 20.8 Å². The third kappa shape index (κ3) is 1.94. The van der Waals surface area contributed by atoms with E-state index in [9.17, 15) is 4.79 Å². The average molecular weight is 261 g/mol. The molecule has 1 aromatic carbocycles. The quantitative estimate of drug-likeness (QED) is 0.702. The molecule has 0 radical (unpaired) electrons. The first-order chi connectivity index (χ1) is 8.24. The van der Waals surface area contributed by atoms with Crippen molar-refractivity contribution in [1.82, 2.24) is 0 Å². The lowest BCUT2D eigenvalue weighted by Crippen LogP contribution is -1.94. The van der Waals surface area contributed by atoms with Crippen LogP contribution in [0.5, 0.6) is 0 Å². The van der Waals surface area contributed by atoms with Gasteiger partial charge in [0.2, 0.25) is 0 Å². The van der Waals surface area contributed by atoms with Crippen LogP contribution >= 0.6 is 22.9 Å². The number of halogens is 1. The van der Waals surface area contributed by atoms with Gasteiger partial charge in [-0.1, -0.05) is 23.7 Å². The number of allylic oxidation sites excluding steroid dienone is 1. The van der Waals surface area contributed by atoms with Crippen molar-refractivity contribution in [3.8, 4) is 0 Å². The maximum atomic E-state index is 12.0. The molecule has 84 valence electrons. The van der Waals surface area contributed by atoms with Gasteiger partial charge < -0.3 is 0 Å². The van der Waals surface area contributed by atoms with Gasteiger partial charge >= 0.3 is 0 Å². The predicted molar refractivity (Wildman–Crippen MR) is 71.8 cm³/mol. The van der Waals surface area contributed by atoms with Gasteiger partial charge in [-0.25, -0.2) is 0 Å². The second-order valence-electron chi connectivity index (χ2n) is 3.98. The fraction of sp³-hybridized carbons (Fsp3) is 0.0714. The fourth-order valence-corrected chi connectivity index (χ4v) is 3.00. The maximum absolute atomic E-state index is 12.0. The fourth-order valence-electron chi connectivity index (χ4n) is 1.98. The Morgan fingerprint density at radius 1 is 1.18 bits per heavy atom. The number of thiophene rings is 1. The van der Waals surface area contributed by atoms with E-state index >= 15 is 0 Å². The highest BCUT2D eigenvalue weighted by Crippen LogP contribution is 2.31. The molecule has 0 atom stereocenters. The highest BCUT2D eigenvalue weighted by molar-refractivity contribution is 7.10. The topological polar surface area (TPSA) is 17.1 Å². The van der Waals surface area contributed by atoms with Crippen LogP contribution in [0.4, 0.5) is 0 Å².